The van der Waals surface area contributed by atoms with Crippen LogP contribution in [0, 0.1) is 11.3 Å². The van der Waals surface area contributed by atoms with Crippen LogP contribution in [0.2, 0.25) is 0 Å². The van der Waals surface area contributed by atoms with Gasteiger partial charge < -0.3 is 4.90 Å². The quantitative estimate of drug-likeness (QED) is 0.686. The number of piperazine rings is 1. The molecule has 1 aliphatic rings. The number of nitriles is 1. The van der Waals surface area contributed by atoms with Crippen LogP contribution in [0.15, 0.2) is 46.3 Å². The standard InChI is InChI=1S/C20H22BrN3OS/c21-19-10-9-17(26-19)7-4-8-20(25)24-13-11-23(12-14-24)18(15-22)16-5-2-1-3-6-16/h1-3,5-6,9-10,18H,4,7-8,11-14H2. The van der Waals surface area contributed by atoms with E-state index in [1.54, 1.807) is 11.3 Å². The van der Waals surface area contributed by atoms with Crippen molar-refractivity contribution >= 4 is 33.2 Å². The van der Waals surface area contributed by atoms with E-state index >= 15 is 0 Å². The predicted molar refractivity (Wildman–Crippen MR) is 108 cm³/mol. The van der Waals surface area contributed by atoms with Crippen molar-refractivity contribution < 1.29 is 4.79 Å². The molecule has 1 aliphatic heterocycles. The normalized spacial score (nSPS) is 16.2. The Morgan fingerprint density at radius 2 is 1.88 bits per heavy atom. The van der Waals surface area contributed by atoms with E-state index in [1.165, 1.54) is 4.88 Å². The van der Waals surface area contributed by atoms with Gasteiger partial charge in [-0.05, 0) is 46.5 Å². The SMILES string of the molecule is N#CC(c1ccccc1)N1CCN(C(=O)CCCc2ccc(Br)s2)CC1. The summed E-state index contributed by atoms with van der Waals surface area (Å²) >= 11 is 5.20. The van der Waals surface area contributed by atoms with Crippen LogP contribution < -0.4 is 0 Å². The van der Waals surface area contributed by atoms with Gasteiger partial charge in [0.25, 0.3) is 0 Å². The molecule has 0 spiro atoms. The van der Waals surface area contributed by atoms with Gasteiger partial charge >= 0.3 is 0 Å². The number of rotatable bonds is 6. The zero-order chi connectivity index (χ0) is 18.4. The molecule has 26 heavy (non-hydrogen) atoms. The number of benzene rings is 1. The fourth-order valence-corrected chi connectivity index (χ4v) is 4.81. The van der Waals surface area contributed by atoms with Gasteiger partial charge in [0, 0.05) is 37.5 Å². The number of nitrogens with zero attached hydrogens (tertiary/aromatic N) is 3. The molecule has 1 amide bonds. The average Bonchev–Trinajstić information content (AvgIpc) is 3.09. The maximum atomic E-state index is 12.4. The molecule has 1 aromatic heterocycles. The van der Waals surface area contributed by atoms with Crippen molar-refractivity contribution in [3.63, 3.8) is 0 Å². The first kappa shape index (κ1) is 19.1. The fourth-order valence-electron chi connectivity index (χ4n) is 3.29. The molecule has 0 radical (unpaired) electrons. The number of halogens is 1. The van der Waals surface area contributed by atoms with E-state index in [1.807, 2.05) is 35.2 Å². The van der Waals surface area contributed by atoms with Gasteiger partial charge in [-0.15, -0.1) is 11.3 Å². The largest absolute Gasteiger partial charge is 0.340 e. The van der Waals surface area contributed by atoms with Crippen LogP contribution in [0.4, 0.5) is 0 Å². The molecule has 0 aliphatic carbocycles. The summed E-state index contributed by atoms with van der Waals surface area (Å²) in [6, 6.07) is 16.2. The molecule has 0 saturated carbocycles. The van der Waals surface area contributed by atoms with Crippen LogP contribution in [-0.4, -0.2) is 41.9 Å². The average molecular weight is 432 g/mol. The van der Waals surface area contributed by atoms with Crippen molar-refractivity contribution in [3.8, 4) is 6.07 Å². The first-order valence-electron chi connectivity index (χ1n) is 8.88. The summed E-state index contributed by atoms with van der Waals surface area (Å²) < 4.78 is 1.14. The van der Waals surface area contributed by atoms with Crippen molar-refractivity contribution in [2.75, 3.05) is 26.2 Å². The Kier molecular flexibility index (Phi) is 6.84. The molecule has 6 heteroatoms. The third-order valence-electron chi connectivity index (χ3n) is 4.71. The molecule has 4 nitrogen and oxygen atoms in total. The van der Waals surface area contributed by atoms with E-state index in [0.29, 0.717) is 19.5 Å². The number of thiophene rings is 1. The minimum Gasteiger partial charge on any atom is -0.340 e. The van der Waals surface area contributed by atoms with E-state index in [9.17, 15) is 10.1 Å². The second-order valence-corrected chi connectivity index (χ2v) is 8.97. The number of hydrogen-bond donors (Lipinski definition) is 0. The lowest BCUT2D eigenvalue weighted by atomic mass is 10.1. The summed E-state index contributed by atoms with van der Waals surface area (Å²) in [7, 11) is 0. The van der Waals surface area contributed by atoms with E-state index in [4.69, 9.17) is 0 Å². The molecule has 2 aromatic rings. The summed E-state index contributed by atoms with van der Waals surface area (Å²) in [5.74, 6) is 0.230. The molecule has 1 unspecified atom stereocenters. The van der Waals surface area contributed by atoms with E-state index in [0.717, 1.165) is 35.3 Å². The van der Waals surface area contributed by atoms with E-state index < -0.39 is 0 Å². The smallest absolute Gasteiger partial charge is 0.222 e. The van der Waals surface area contributed by atoms with E-state index in [-0.39, 0.29) is 11.9 Å². The summed E-state index contributed by atoms with van der Waals surface area (Å²) in [5.41, 5.74) is 1.02. The van der Waals surface area contributed by atoms with Crippen LogP contribution in [0.25, 0.3) is 0 Å². The molecule has 1 atom stereocenters. The minimum absolute atomic E-state index is 0.230. The Balaban J connectivity index is 1.45. The third kappa shape index (κ3) is 4.94. The second kappa shape index (κ2) is 9.31. The molecule has 1 saturated heterocycles. The number of amides is 1. The lowest BCUT2D eigenvalue weighted by Gasteiger charge is -2.37. The highest BCUT2D eigenvalue weighted by molar-refractivity contribution is 9.11. The van der Waals surface area contributed by atoms with Gasteiger partial charge in [-0.2, -0.15) is 5.26 Å². The van der Waals surface area contributed by atoms with Crippen LogP contribution in [0.1, 0.15) is 29.3 Å². The Morgan fingerprint density at radius 1 is 1.15 bits per heavy atom. The van der Waals surface area contributed by atoms with Crippen molar-refractivity contribution in [1.29, 1.82) is 5.26 Å². The van der Waals surface area contributed by atoms with Gasteiger partial charge in [0.2, 0.25) is 5.91 Å². The highest BCUT2D eigenvalue weighted by Gasteiger charge is 2.26. The summed E-state index contributed by atoms with van der Waals surface area (Å²) in [6.07, 6.45) is 2.43. The Morgan fingerprint density at radius 3 is 2.50 bits per heavy atom. The van der Waals surface area contributed by atoms with Crippen LogP contribution in [0.5, 0.6) is 0 Å². The maximum absolute atomic E-state index is 12.4. The Bertz CT molecular complexity index is 763. The Labute approximate surface area is 167 Å². The molecule has 0 N–H and O–H groups in total. The summed E-state index contributed by atoms with van der Waals surface area (Å²) in [4.78, 5) is 17.9. The van der Waals surface area contributed by atoms with Crippen LogP contribution in [-0.2, 0) is 11.2 Å². The molecule has 0 bridgehead atoms. The monoisotopic (exact) mass is 431 g/mol. The molecule has 1 aromatic carbocycles. The molecule has 2 heterocycles. The molecule has 3 rings (SSSR count). The zero-order valence-electron chi connectivity index (χ0n) is 14.6. The van der Waals surface area contributed by atoms with Gasteiger partial charge in [0.05, 0.1) is 9.86 Å². The van der Waals surface area contributed by atoms with Gasteiger partial charge in [0.15, 0.2) is 0 Å². The van der Waals surface area contributed by atoms with Gasteiger partial charge in [-0.1, -0.05) is 30.3 Å². The molecule has 136 valence electrons. The number of hydrogen-bond acceptors (Lipinski definition) is 4. The lowest BCUT2D eigenvalue weighted by molar-refractivity contribution is -0.133. The first-order chi connectivity index (χ1) is 12.7. The minimum atomic E-state index is -0.231. The van der Waals surface area contributed by atoms with Crippen molar-refractivity contribution in [2.24, 2.45) is 0 Å². The van der Waals surface area contributed by atoms with Gasteiger partial charge in [0.1, 0.15) is 6.04 Å². The van der Waals surface area contributed by atoms with Crippen molar-refractivity contribution in [1.82, 2.24) is 9.80 Å². The first-order valence-corrected chi connectivity index (χ1v) is 10.5. The van der Waals surface area contributed by atoms with Gasteiger partial charge in [-0.25, -0.2) is 0 Å². The third-order valence-corrected chi connectivity index (χ3v) is 6.40. The molecule has 1 fully saturated rings. The highest BCUT2D eigenvalue weighted by atomic mass is 79.9. The van der Waals surface area contributed by atoms with Gasteiger partial charge in [-0.3, -0.25) is 9.69 Å². The van der Waals surface area contributed by atoms with Crippen LogP contribution >= 0.6 is 27.3 Å². The predicted octanol–water partition coefficient (Wildman–Crippen LogP) is 4.24. The Hall–Kier alpha value is -1.68. The topological polar surface area (TPSA) is 47.3 Å². The van der Waals surface area contributed by atoms with E-state index in [2.05, 4.69) is 39.0 Å². The fraction of sp³-hybridized carbons (Fsp3) is 0.400. The summed E-state index contributed by atoms with van der Waals surface area (Å²) in [5, 5.41) is 9.56. The van der Waals surface area contributed by atoms with Crippen molar-refractivity contribution in [3.05, 3.63) is 56.7 Å². The maximum Gasteiger partial charge on any atom is 0.222 e. The lowest BCUT2D eigenvalue weighted by Crippen LogP contribution is -2.49. The molecular formula is C20H22BrN3OS. The number of carbonyl (C=O) groups is 1. The zero-order valence-corrected chi connectivity index (χ0v) is 17.0. The second-order valence-electron chi connectivity index (χ2n) is 6.42. The molecular weight excluding hydrogens is 410 g/mol. The highest BCUT2D eigenvalue weighted by Crippen LogP contribution is 2.24. The number of aryl methyl sites for hydroxylation is 1. The van der Waals surface area contributed by atoms with Crippen molar-refractivity contribution in [2.45, 2.75) is 25.3 Å². The summed E-state index contributed by atoms with van der Waals surface area (Å²) in [6.45, 7) is 2.90. The van der Waals surface area contributed by atoms with Crippen LogP contribution in [0.3, 0.4) is 0 Å². The number of carbonyl (C=O) groups excluding carboxylic acids is 1.